The molecule has 1 unspecified atom stereocenters. The van der Waals surface area contributed by atoms with E-state index in [1.807, 2.05) is 6.92 Å². The topological polar surface area (TPSA) is 55.6 Å². The second-order valence-electron chi connectivity index (χ2n) is 4.84. The fourth-order valence-electron chi connectivity index (χ4n) is 1.60. The Morgan fingerprint density at radius 2 is 2.10 bits per heavy atom. The van der Waals surface area contributed by atoms with E-state index in [-0.39, 0.29) is 25.1 Å². The molecule has 0 bridgehead atoms. The first-order valence-corrected chi connectivity index (χ1v) is 6.81. The van der Waals surface area contributed by atoms with Crippen LogP contribution in [0.25, 0.3) is 0 Å². The molecule has 0 heterocycles. The van der Waals surface area contributed by atoms with Gasteiger partial charge in [-0.25, -0.2) is 4.39 Å². The molecule has 1 aromatic rings. The molecular formula is C16H22FN2O2-. The van der Waals surface area contributed by atoms with Crippen molar-refractivity contribution in [1.29, 1.82) is 0 Å². The number of benzene rings is 1. The Morgan fingerprint density at radius 3 is 2.57 bits per heavy atom. The van der Waals surface area contributed by atoms with Gasteiger partial charge in [0.25, 0.3) is 5.91 Å². The standard InChI is InChI=1S/C16H22FN2O2/c1-4-12(2)19(3)16(20)14-5-7-15(8-6-14)21-11-13(9-17)10-18/h5-9,12H,1,4,10-11,18H2,2-3H3/q-1/b13-9-. The average Bonchev–Trinajstić information content (AvgIpc) is 2.54. The van der Waals surface area contributed by atoms with Gasteiger partial charge in [-0.05, 0) is 31.2 Å². The number of ether oxygens (including phenoxy) is 1. The molecule has 21 heavy (non-hydrogen) atoms. The van der Waals surface area contributed by atoms with Crippen molar-refractivity contribution in [3.8, 4) is 5.75 Å². The molecule has 5 heteroatoms. The maximum absolute atomic E-state index is 12.4. The van der Waals surface area contributed by atoms with Crippen molar-refractivity contribution in [2.45, 2.75) is 19.4 Å². The first-order valence-electron chi connectivity index (χ1n) is 6.81. The molecule has 4 nitrogen and oxygen atoms in total. The summed E-state index contributed by atoms with van der Waals surface area (Å²) in [4.78, 5) is 13.9. The van der Waals surface area contributed by atoms with E-state index in [2.05, 4.69) is 6.92 Å². The van der Waals surface area contributed by atoms with E-state index in [1.165, 1.54) is 0 Å². The van der Waals surface area contributed by atoms with Crippen molar-refractivity contribution in [3.05, 3.63) is 48.7 Å². The SMILES string of the molecule is [CH2-]CC(C)N(C)C(=O)c1ccc(OC/C(=C\F)CN)cc1. The molecule has 0 fully saturated rings. The van der Waals surface area contributed by atoms with Crippen LogP contribution in [0.15, 0.2) is 36.2 Å². The fourth-order valence-corrected chi connectivity index (χ4v) is 1.60. The number of rotatable bonds is 7. The van der Waals surface area contributed by atoms with Crippen molar-refractivity contribution < 1.29 is 13.9 Å². The molecule has 1 amide bonds. The van der Waals surface area contributed by atoms with E-state index < -0.39 is 0 Å². The van der Waals surface area contributed by atoms with Gasteiger partial charge in [0.2, 0.25) is 0 Å². The maximum Gasteiger partial charge on any atom is 0.253 e. The summed E-state index contributed by atoms with van der Waals surface area (Å²) < 4.78 is 17.7. The van der Waals surface area contributed by atoms with Crippen molar-refractivity contribution in [1.82, 2.24) is 4.90 Å². The van der Waals surface area contributed by atoms with Crippen LogP contribution in [0.3, 0.4) is 0 Å². The third kappa shape index (κ3) is 4.86. The Balaban J connectivity index is 2.67. The van der Waals surface area contributed by atoms with Crippen LogP contribution < -0.4 is 10.5 Å². The van der Waals surface area contributed by atoms with Gasteiger partial charge in [-0.3, -0.25) is 4.79 Å². The van der Waals surface area contributed by atoms with Gasteiger partial charge >= 0.3 is 0 Å². The van der Waals surface area contributed by atoms with E-state index in [0.29, 0.717) is 29.6 Å². The number of amides is 1. The molecule has 0 aromatic heterocycles. The van der Waals surface area contributed by atoms with Crippen LogP contribution in [0.5, 0.6) is 5.75 Å². The van der Waals surface area contributed by atoms with E-state index in [0.717, 1.165) is 0 Å². The lowest BCUT2D eigenvalue weighted by atomic mass is 10.1. The molecule has 0 saturated carbocycles. The molecule has 1 atom stereocenters. The van der Waals surface area contributed by atoms with E-state index in [9.17, 15) is 9.18 Å². The third-order valence-corrected chi connectivity index (χ3v) is 3.34. The zero-order valence-corrected chi connectivity index (χ0v) is 12.5. The molecule has 1 rings (SSSR count). The molecule has 0 aliphatic carbocycles. The van der Waals surface area contributed by atoms with Crippen LogP contribution in [0.4, 0.5) is 4.39 Å². The minimum atomic E-state index is -0.0657. The summed E-state index contributed by atoms with van der Waals surface area (Å²) in [6, 6.07) is 6.82. The molecule has 0 radical (unpaired) electrons. The lowest BCUT2D eigenvalue weighted by Gasteiger charge is -2.26. The Labute approximate surface area is 125 Å². The van der Waals surface area contributed by atoms with E-state index in [1.54, 1.807) is 36.2 Å². The van der Waals surface area contributed by atoms with Crippen LogP contribution in [0.2, 0.25) is 0 Å². The summed E-state index contributed by atoms with van der Waals surface area (Å²) in [5, 5.41) is 0. The average molecular weight is 293 g/mol. The highest BCUT2D eigenvalue weighted by atomic mass is 19.1. The van der Waals surface area contributed by atoms with Crippen molar-refractivity contribution in [2.24, 2.45) is 5.73 Å². The summed E-state index contributed by atoms with van der Waals surface area (Å²) in [5.41, 5.74) is 6.29. The highest BCUT2D eigenvalue weighted by Gasteiger charge is 2.14. The smallest absolute Gasteiger partial charge is 0.253 e. The fraction of sp³-hybridized carbons (Fsp3) is 0.375. The molecule has 1 aromatic carbocycles. The van der Waals surface area contributed by atoms with Gasteiger partial charge in [-0.2, -0.15) is 6.42 Å². The van der Waals surface area contributed by atoms with Crippen LogP contribution in [-0.4, -0.2) is 37.0 Å². The second-order valence-corrected chi connectivity index (χ2v) is 4.84. The Bertz CT molecular complexity index is 486. The number of halogens is 1. The van der Waals surface area contributed by atoms with Gasteiger partial charge in [0, 0.05) is 30.8 Å². The maximum atomic E-state index is 12.4. The van der Waals surface area contributed by atoms with Gasteiger partial charge in [0.05, 0.1) is 6.33 Å². The predicted octanol–water partition coefficient (Wildman–Crippen LogP) is 2.56. The lowest BCUT2D eigenvalue weighted by molar-refractivity contribution is 0.0744. The van der Waals surface area contributed by atoms with Crippen molar-refractivity contribution in [2.75, 3.05) is 20.2 Å². The van der Waals surface area contributed by atoms with Gasteiger partial charge in [-0.1, -0.05) is 0 Å². The highest BCUT2D eigenvalue weighted by molar-refractivity contribution is 5.94. The summed E-state index contributed by atoms with van der Waals surface area (Å²) >= 11 is 0. The zero-order valence-electron chi connectivity index (χ0n) is 12.5. The molecule has 0 spiro atoms. The monoisotopic (exact) mass is 293 g/mol. The van der Waals surface area contributed by atoms with E-state index in [4.69, 9.17) is 10.5 Å². The minimum Gasteiger partial charge on any atom is -0.489 e. The van der Waals surface area contributed by atoms with Crippen LogP contribution >= 0.6 is 0 Å². The highest BCUT2D eigenvalue weighted by Crippen LogP contribution is 2.15. The Hall–Kier alpha value is -1.88. The number of nitrogens with zero attached hydrogens (tertiary/aromatic N) is 1. The predicted molar refractivity (Wildman–Crippen MR) is 81.7 cm³/mol. The summed E-state index contributed by atoms with van der Waals surface area (Å²) in [7, 11) is 1.75. The first-order chi connectivity index (χ1) is 10.0. The van der Waals surface area contributed by atoms with Crippen molar-refractivity contribution in [3.63, 3.8) is 0 Å². The molecule has 0 aliphatic rings. The van der Waals surface area contributed by atoms with Gasteiger partial charge in [0.1, 0.15) is 12.4 Å². The summed E-state index contributed by atoms with van der Waals surface area (Å²) in [5.74, 6) is 0.496. The largest absolute Gasteiger partial charge is 0.489 e. The molecular weight excluding hydrogens is 271 g/mol. The zero-order chi connectivity index (χ0) is 15.8. The molecule has 116 valence electrons. The van der Waals surface area contributed by atoms with Crippen LogP contribution in [0.1, 0.15) is 23.7 Å². The minimum absolute atomic E-state index is 0.0657. The lowest BCUT2D eigenvalue weighted by Crippen LogP contribution is -2.34. The first kappa shape index (κ1) is 17.2. The number of hydrogen-bond acceptors (Lipinski definition) is 3. The number of carbonyl (C=O) groups is 1. The van der Waals surface area contributed by atoms with Gasteiger partial charge < -0.3 is 22.3 Å². The number of nitrogens with two attached hydrogens (primary N) is 1. The normalized spacial score (nSPS) is 12.9. The number of hydrogen-bond donors (Lipinski definition) is 1. The Kier molecular flexibility index (Phi) is 6.88. The second kappa shape index (κ2) is 8.42. The third-order valence-electron chi connectivity index (χ3n) is 3.34. The number of carbonyl (C=O) groups excluding carboxylic acids is 1. The molecule has 0 aliphatic heterocycles. The van der Waals surface area contributed by atoms with E-state index >= 15 is 0 Å². The Morgan fingerprint density at radius 1 is 1.48 bits per heavy atom. The molecule has 0 saturated heterocycles. The quantitative estimate of drug-likeness (QED) is 0.786. The summed E-state index contributed by atoms with van der Waals surface area (Å²) in [6.45, 7) is 5.95. The van der Waals surface area contributed by atoms with Gasteiger partial charge in [0.15, 0.2) is 0 Å². The molecule has 2 N–H and O–H groups in total. The van der Waals surface area contributed by atoms with Gasteiger partial charge in [-0.15, -0.1) is 0 Å². The van der Waals surface area contributed by atoms with Crippen LogP contribution in [-0.2, 0) is 0 Å². The van der Waals surface area contributed by atoms with Crippen molar-refractivity contribution >= 4 is 5.91 Å². The van der Waals surface area contributed by atoms with Crippen LogP contribution in [0, 0.1) is 6.92 Å². The summed E-state index contributed by atoms with van der Waals surface area (Å²) in [6.07, 6.45) is 1.11.